The molecular weight excluding hydrogens is 583 g/mol. The highest BCUT2D eigenvalue weighted by Crippen LogP contribution is 2.54. The zero-order valence-corrected chi connectivity index (χ0v) is 24.9. The Morgan fingerprint density at radius 1 is 0.795 bits per heavy atom. The molecule has 1 aliphatic heterocycles. The summed E-state index contributed by atoms with van der Waals surface area (Å²) in [7, 11) is -4.27. The van der Waals surface area contributed by atoms with Crippen molar-refractivity contribution in [1.82, 2.24) is 0 Å². The lowest BCUT2D eigenvalue weighted by molar-refractivity contribution is -0.120. The first-order chi connectivity index (χ1) is 18.1. The third-order valence-electron chi connectivity index (χ3n) is 7.23. The minimum absolute atomic E-state index is 0.0713. The lowest BCUT2D eigenvalue weighted by Crippen LogP contribution is -2.37. The molecule has 0 aromatic heterocycles. The van der Waals surface area contributed by atoms with Crippen molar-refractivity contribution in [3.8, 4) is 5.75 Å². The Morgan fingerprint density at radius 3 is 1.72 bits per heavy atom. The minimum atomic E-state index is -4.27. The molecule has 2 aromatic carbocycles. The molecule has 2 aromatic rings. The number of ketones is 2. The number of Topliss-reactive ketones (excluding diaryl/α,β-unsaturated/α-hetero) is 2. The summed E-state index contributed by atoms with van der Waals surface area (Å²) in [6, 6.07) is 8.49. The van der Waals surface area contributed by atoms with Crippen LogP contribution < -0.4 is 4.18 Å². The van der Waals surface area contributed by atoms with Crippen molar-refractivity contribution < 1.29 is 26.9 Å². The van der Waals surface area contributed by atoms with E-state index in [0.29, 0.717) is 58.9 Å². The van der Waals surface area contributed by atoms with Gasteiger partial charge in [-0.2, -0.15) is 8.42 Å². The number of hydrogen-bond donors (Lipinski definition) is 0. The van der Waals surface area contributed by atoms with Crippen LogP contribution in [0.4, 0.5) is 0 Å². The van der Waals surface area contributed by atoms with Crippen LogP contribution in [0, 0.1) is 10.8 Å². The van der Waals surface area contributed by atoms with Crippen LogP contribution in [0.25, 0.3) is 0 Å². The van der Waals surface area contributed by atoms with E-state index in [9.17, 15) is 18.0 Å². The van der Waals surface area contributed by atoms with E-state index in [4.69, 9.17) is 43.7 Å². The Labute approximate surface area is 243 Å². The van der Waals surface area contributed by atoms with Crippen LogP contribution in [-0.2, 0) is 24.4 Å². The topological polar surface area (TPSA) is 86.7 Å². The molecule has 39 heavy (non-hydrogen) atoms. The summed E-state index contributed by atoms with van der Waals surface area (Å²) in [6.07, 6.45) is 1.68. The van der Waals surface area contributed by atoms with Crippen LogP contribution in [0.3, 0.4) is 0 Å². The summed E-state index contributed by atoms with van der Waals surface area (Å²) < 4.78 is 37.4. The van der Waals surface area contributed by atoms with E-state index >= 15 is 0 Å². The summed E-state index contributed by atoms with van der Waals surface area (Å²) in [5.41, 5.74) is 0.753. The standard InChI is InChI=1S/C29H27Cl3O6S/c1-28(2)11-20(33)25-22(13-28)37-23-14-29(3,4)12-21(34)26(23)24(25)15-9-18(31)27(19(32)10-15)38-39(35,36)17-7-5-16(30)6-8-17/h5-10,24H,11-14H2,1-4H3. The predicted molar refractivity (Wildman–Crippen MR) is 150 cm³/mol. The first kappa shape index (κ1) is 28.2. The van der Waals surface area contributed by atoms with Crippen LogP contribution in [0.2, 0.25) is 15.1 Å². The molecule has 0 amide bonds. The maximum atomic E-state index is 13.5. The Kier molecular flexibility index (Phi) is 6.98. The summed E-state index contributed by atoms with van der Waals surface area (Å²) in [6.45, 7) is 8.03. The molecule has 0 N–H and O–H groups in total. The highest BCUT2D eigenvalue weighted by molar-refractivity contribution is 7.87. The minimum Gasteiger partial charge on any atom is -0.465 e. The summed E-state index contributed by atoms with van der Waals surface area (Å²) in [5.74, 6) is -0.0685. The Morgan fingerprint density at radius 2 is 1.26 bits per heavy atom. The zero-order valence-electron chi connectivity index (χ0n) is 21.9. The van der Waals surface area contributed by atoms with Crippen molar-refractivity contribution in [2.24, 2.45) is 10.8 Å². The monoisotopic (exact) mass is 608 g/mol. The first-order valence-electron chi connectivity index (χ1n) is 12.5. The second kappa shape index (κ2) is 9.65. The number of carbonyl (C=O) groups excluding carboxylic acids is 2. The predicted octanol–water partition coefficient (Wildman–Crippen LogP) is 7.81. The second-order valence-corrected chi connectivity index (χ2v) is 14.7. The Bertz CT molecular complexity index is 1510. The average molecular weight is 610 g/mol. The van der Waals surface area contributed by atoms with Gasteiger partial charge in [0.25, 0.3) is 0 Å². The van der Waals surface area contributed by atoms with Crippen LogP contribution in [0.5, 0.6) is 5.75 Å². The summed E-state index contributed by atoms with van der Waals surface area (Å²) in [5, 5.41) is 0.227. The normalized spacial score (nSPS) is 20.9. The molecule has 0 spiro atoms. The molecule has 6 nitrogen and oxygen atoms in total. The number of carbonyl (C=O) groups is 2. The molecule has 0 saturated carbocycles. The zero-order chi connectivity index (χ0) is 28.5. The Balaban J connectivity index is 1.61. The molecule has 5 rings (SSSR count). The van der Waals surface area contributed by atoms with E-state index in [1.54, 1.807) is 0 Å². The van der Waals surface area contributed by atoms with E-state index < -0.39 is 16.0 Å². The molecular formula is C29H27Cl3O6S. The molecule has 10 heteroatoms. The highest BCUT2D eigenvalue weighted by Gasteiger charge is 2.48. The maximum Gasteiger partial charge on any atom is 0.339 e. The molecule has 0 fully saturated rings. The summed E-state index contributed by atoms with van der Waals surface area (Å²) in [4.78, 5) is 26.9. The lowest BCUT2D eigenvalue weighted by Gasteiger charge is -2.42. The van der Waals surface area contributed by atoms with Gasteiger partial charge in [0, 0.05) is 47.8 Å². The van der Waals surface area contributed by atoms with Crippen LogP contribution >= 0.6 is 34.8 Å². The van der Waals surface area contributed by atoms with Gasteiger partial charge < -0.3 is 8.92 Å². The van der Waals surface area contributed by atoms with Gasteiger partial charge in [0.2, 0.25) is 0 Å². The van der Waals surface area contributed by atoms with Crippen LogP contribution in [0.15, 0.2) is 64.0 Å². The molecule has 0 radical (unpaired) electrons. The van der Waals surface area contributed by atoms with Crippen molar-refractivity contribution in [1.29, 1.82) is 0 Å². The number of benzene rings is 2. The van der Waals surface area contributed by atoms with Gasteiger partial charge in [0.05, 0.1) is 10.0 Å². The van der Waals surface area contributed by atoms with Gasteiger partial charge in [0.1, 0.15) is 16.4 Å². The fourth-order valence-electron chi connectivity index (χ4n) is 5.59. The van der Waals surface area contributed by atoms with Crippen molar-refractivity contribution in [2.45, 2.75) is 64.2 Å². The van der Waals surface area contributed by atoms with Gasteiger partial charge >= 0.3 is 10.1 Å². The van der Waals surface area contributed by atoms with E-state index in [1.165, 1.54) is 36.4 Å². The number of ether oxygens (including phenoxy) is 1. The van der Waals surface area contributed by atoms with E-state index in [-0.39, 0.29) is 43.1 Å². The largest absolute Gasteiger partial charge is 0.465 e. The third kappa shape index (κ3) is 5.39. The van der Waals surface area contributed by atoms with Gasteiger partial charge in [-0.15, -0.1) is 0 Å². The quantitative estimate of drug-likeness (QED) is 0.329. The number of hydrogen-bond acceptors (Lipinski definition) is 6. The molecule has 0 atom stereocenters. The first-order valence-corrected chi connectivity index (χ1v) is 15.0. The van der Waals surface area contributed by atoms with Gasteiger partial charge in [-0.3, -0.25) is 9.59 Å². The molecule has 0 saturated heterocycles. The van der Waals surface area contributed by atoms with Crippen molar-refractivity contribution in [2.75, 3.05) is 0 Å². The van der Waals surface area contributed by atoms with Gasteiger partial charge in [0.15, 0.2) is 17.3 Å². The third-order valence-corrected chi connectivity index (χ3v) is 9.28. The number of halogens is 3. The molecule has 1 heterocycles. The average Bonchev–Trinajstić information content (AvgIpc) is 2.78. The second-order valence-electron chi connectivity index (χ2n) is 11.9. The van der Waals surface area contributed by atoms with Crippen molar-refractivity contribution in [3.05, 3.63) is 79.7 Å². The number of allylic oxidation sites excluding steroid dienone is 4. The summed E-state index contributed by atoms with van der Waals surface area (Å²) >= 11 is 19.0. The van der Waals surface area contributed by atoms with E-state index in [2.05, 4.69) is 0 Å². The molecule has 0 bridgehead atoms. The van der Waals surface area contributed by atoms with Crippen LogP contribution in [0.1, 0.15) is 64.9 Å². The molecule has 3 aliphatic rings. The highest BCUT2D eigenvalue weighted by atomic mass is 35.5. The molecule has 0 unspecified atom stereocenters. The van der Waals surface area contributed by atoms with Gasteiger partial charge in [-0.1, -0.05) is 62.5 Å². The van der Waals surface area contributed by atoms with Crippen molar-refractivity contribution >= 4 is 56.5 Å². The molecule has 206 valence electrons. The Hall–Kier alpha value is -2.32. The van der Waals surface area contributed by atoms with Crippen LogP contribution in [-0.4, -0.2) is 20.0 Å². The van der Waals surface area contributed by atoms with E-state index in [0.717, 1.165) is 0 Å². The van der Waals surface area contributed by atoms with Crippen molar-refractivity contribution in [3.63, 3.8) is 0 Å². The van der Waals surface area contributed by atoms with Gasteiger partial charge in [-0.05, 0) is 52.8 Å². The maximum absolute atomic E-state index is 13.5. The number of rotatable bonds is 4. The molecule has 2 aliphatic carbocycles. The lowest BCUT2D eigenvalue weighted by atomic mass is 9.65. The fourth-order valence-corrected chi connectivity index (χ4v) is 7.36. The smallest absolute Gasteiger partial charge is 0.339 e. The SMILES string of the molecule is CC1(C)CC(=O)C2=C(C1)OC1=C(C(=O)CC(C)(C)C1)C2c1cc(Cl)c(OS(=O)(=O)c2ccc(Cl)cc2)c(Cl)c1. The van der Waals surface area contributed by atoms with Gasteiger partial charge in [-0.25, -0.2) is 0 Å². The fraction of sp³-hybridized carbons (Fsp3) is 0.379. The van der Waals surface area contributed by atoms with E-state index in [1.807, 2.05) is 27.7 Å².